The average Bonchev–Trinajstić information content (AvgIpc) is 2.81. The van der Waals surface area contributed by atoms with Crippen LogP contribution in [-0.4, -0.2) is 22.6 Å². The van der Waals surface area contributed by atoms with Gasteiger partial charge in [0.15, 0.2) is 0 Å². The minimum absolute atomic E-state index is 0.404. The van der Waals surface area contributed by atoms with Gasteiger partial charge in [0.1, 0.15) is 5.82 Å². The number of imidazole rings is 1. The first-order valence-corrected chi connectivity index (χ1v) is 6.07. The Balaban J connectivity index is 2.21. The summed E-state index contributed by atoms with van der Waals surface area (Å²) in [6.45, 7) is 0.494. The zero-order valence-corrected chi connectivity index (χ0v) is 11.4. The van der Waals surface area contributed by atoms with Gasteiger partial charge in [-0.05, 0) is 18.2 Å². The van der Waals surface area contributed by atoms with Crippen LogP contribution in [0.4, 0.5) is 5.69 Å². The molecule has 1 aromatic carbocycles. The number of anilines is 1. The number of carbonyl (C=O) groups excluding carboxylic acids is 1. The molecular formula is C13H14ClN3O2. The van der Waals surface area contributed by atoms with E-state index in [1.54, 1.807) is 24.4 Å². The molecule has 0 radical (unpaired) electrons. The number of methoxy groups -OCH3 is 1. The number of aryl methyl sites for hydroxylation is 1. The van der Waals surface area contributed by atoms with Gasteiger partial charge in [-0.3, -0.25) is 0 Å². The number of hydrogen-bond acceptors (Lipinski definition) is 4. The third-order valence-electron chi connectivity index (χ3n) is 2.74. The van der Waals surface area contributed by atoms with Crippen molar-refractivity contribution >= 4 is 23.3 Å². The van der Waals surface area contributed by atoms with Crippen molar-refractivity contribution in [2.24, 2.45) is 7.05 Å². The number of aromatic nitrogens is 2. The Morgan fingerprint density at radius 3 is 2.95 bits per heavy atom. The molecule has 1 aromatic heterocycles. The molecule has 0 bridgehead atoms. The lowest BCUT2D eigenvalue weighted by molar-refractivity contribution is 0.0602. The molecule has 0 amide bonds. The van der Waals surface area contributed by atoms with Crippen LogP contribution in [0.15, 0.2) is 30.6 Å². The van der Waals surface area contributed by atoms with Crippen molar-refractivity contribution in [3.63, 3.8) is 0 Å². The molecule has 0 aliphatic carbocycles. The van der Waals surface area contributed by atoms with Crippen LogP contribution in [-0.2, 0) is 18.3 Å². The minimum atomic E-state index is -0.404. The molecule has 6 heteroatoms. The van der Waals surface area contributed by atoms with Crippen LogP contribution < -0.4 is 5.32 Å². The van der Waals surface area contributed by atoms with Crippen LogP contribution in [0, 0.1) is 0 Å². The summed E-state index contributed by atoms with van der Waals surface area (Å²) in [7, 11) is 3.25. The summed E-state index contributed by atoms with van der Waals surface area (Å²) in [6.07, 6.45) is 3.58. The summed E-state index contributed by atoms with van der Waals surface area (Å²) in [4.78, 5) is 15.8. The summed E-state index contributed by atoms with van der Waals surface area (Å²) in [6, 6.07) is 4.98. The van der Waals surface area contributed by atoms with Gasteiger partial charge in [0.2, 0.25) is 0 Å². The average molecular weight is 280 g/mol. The molecule has 5 nitrogen and oxygen atoms in total. The molecule has 1 N–H and O–H groups in total. The van der Waals surface area contributed by atoms with Gasteiger partial charge in [-0.1, -0.05) is 11.6 Å². The molecule has 1 heterocycles. The van der Waals surface area contributed by atoms with Crippen molar-refractivity contribution in [2.75, 3.05) is 12.4 Å². The lowest BCUT2D eigenvalue weighted by Crippen LogP contribution is -2.10. The molecule has 0 saturated heterocycles. The van der Waals surface area contributed by atoms with Gasteiger partial charge in [0, 0.05) is 24.5 Å². The Hall–Kier alpha value is -2.01. The molecule has 0 atom stereocenters. The van der Waals surface area contributed by atoms with E-state index in [2.05, 4.69) is 10.3 Å². The number of halogens is 1. The van der Waals surface area contributed by atoms with Gasteiger partial charge in [-0.2, -0.15) is 0 Å². The van der Waals surface area contributed by atoms with Gasteiger partial charge >= 0.3 is 5.97 Å². The van der Waals surface area contributed by atoms with Gasteiger partial charge < -0.3 is 14.6 Å². The van der Waals surface area contributed by atoms with Crippen LogP contribution >= 0.6 is 11.6 Å². The number of ether oxygens (including phenoxy) is 1. The SMILES string of the molecule is COC(=O)c1ccc(Cl)cc1NCc1nccn1C. The van der Waals surface area contributed by atoms with E-state index in [9.17, 15) is 4.79 Å². The predicted molar refractivity (Wildman–Crippen MR) is 73.3 cm³/mol. The first-order valence-electron chi connectivity index (χ1n) is 5.69. The number of rotatable bonds is 4. The number of hydrogen-bond donors (Lipinski definition) is 1. The molecule has 0 spiro atoms. The maximum absolute atomic E-state index is 11.6. The van der Waals surface area contributed by atoms with Gasteiger partial charge in [0.05, 0.1) is 24.9 Å². The zero-order valence-electron chi connectivity index (χ0n) is 10.7. The smallest absolute Gasteiger partial charge is 0.339 e. The van der Waals surface area contributed by atoms with Crippen molar-refractivity contribution in [2.45, 2.75) is 6.54 Å². The van der Waals surface area contributed by atoms with E-state index in [-0.39, 0.29) is 0 Å². The molecule has 0 saturated carbocycles. The second kappa shape index (κ2) is 5.75. The standard InChI is InChI=1S/C13H14ClN3O2/c1-17-6-5-15-12(17)8-16-11-7-9(14)3-4-10(11)13(18)19-2/h3-7,16H,8H2,1-2H3. The maximum Gasteiger partial charge on any atom is 0.339 e. The van der Waals surface area contributed by atoms with E-state index >= 15 is 0 Å². The summed E-state index contributed by atoms with van der Waals surface area (Å²) >= 11 is 5.94. The molecule has 2 rings (SSSR count). The molecule has 100 valence electrons. The highest BCUT2D eigenvalue weighted by molar-refractivity contribution is 6.31. The normalized spacial score (nSPS) is 10.3. The third kappa shape index (κ3) is 3.06. The Kier molecular flexibility index (Phi) is 4.06. The molecule has 0 aliphatic rings. The topological polar surface area (TPSA) is 56.1 Å². The highest BCUT2D eigenvalue weighted by atomic mass is 35.5. The lowest BCUT2D eigenvalue weighted by atomic mass is 10.2. The third-order valence-corrected chi connectivity index (χ3v) is 2.98. The molecule has 0 aliphatic heterocycles. The number of nitrogens with zero attached hydrogens (tertiary/aromatic N) is 2. The molecule has 0 unspecified atom stereocenters. The van der Waals surface area contributed by atoms with Crippen LogP contribution in [0.1, 0.15) is 16.2 Å². The van der Waals surface area contributed by atoms with Gasteiger partial charge in [-0.25, -0.2) is 9.78 Å². The molecular weight excluding hydrogens is 266 g/mol. The van der Waals surface area contributed by atoms with E-state index in [1.807, 2.05) is 17.8 Å². The summed E-state index contributed by atoms with van der Waals surface area (Å²) in [5, 5.41) is 3.69. The molecule has 2 aromatic rings. The van der Waals surface area contributed by atoms with E-state index in [0.29, 0.717) is 22.8 Å². The van der Waals surface area contributed by atoms with Crippen LogP contribution in [0.5, 0.6) is 0 Å². The summed E-state index contributed by atoms with van der Waals surface area (Å²) in [5.41, 5.74) is 1.07. The number of benzene rings is 1. The second-order valence-corrected chi connectivity index (χ2v) is 4.43. The first-order chi connectivity index (χ1) is 9.11. The first kappa shape index (κ1) is 13.4. The fourth-order valence-corrected chi connectivity index (χ4v) is 1.86. The van der Waals surface area contributed by atoms with Crippen LogP contribution in [0.2, 0.25) is 5.02 Å². The fourth-order valence-electron chi connectivity index (χ4n) is 1.69. The number of carbonyl (C=O) groups is 1. The van der Waals surface area contributed by atoms with E-state index < -0.39 is 5.97 Å². The Labute approximate surface area is 116 Å². The monoisotopic (exact) mass is 279 g/mol. The quantitative estimate of drug-likeness (QED) is 0.874. The summed E-state index contributed by atoms with van der Waals surface area (Å²) in [5.74, 6) is 0.454. The molecule has 0 fully saturated rings. The van der Waals surface area contributed by atoms with Crippen molar-refractivity contribution in [3.05, 3.63) is 47.0 Å². The summed E-state index contributed by atoms with van der Waals surface area (Å²) < 4.78 is 6.63. The second-order valence-electron chi connectivity index (χ2n) is 3.99. The fraction of sp³-hybridized carbons (Fsp3) is 0.231. The van der Waals surface area contributed by atoms with E-state index in [4.69, 9.17) is 16.3 Å². The van der Waals surface area contributed by atoms with Gasteiger partial charge in [0.25, 0.3) is 0 Å². The van der Waals surface area contributed by atoms with E-state index in [0.717, 1.165) is 5.82 Å². The van der Waals surface area contributed by atoms with Crippen molar-refractivity contribution < 1.29 is 9.53 Å². The number of esters is 1. The maximum atomic E-state index is 11.6. The highest BCUT2D eigenvalue weighted by Crippen LogP contribution is 2.22. The molecule has 19 heavy (non-hydrogen) atoms. The Morgan fingerprint density at radius 1 is 1.53 bits per heavy atom. The zero-order chi connectivity index (χ0) is 13.8. The van der Waals surface area contributed by atoms with Crippen LogP contribution in [0.3, 0.4) is 0 Å². The Morgan fingerprint density at radius 2 is 2.32 bits per heavy atom. The lowest BCUT2D eigenvalue weighted by Gasteiger charge is -2.11. The van der Waals surface area contributed by atoms with E-state index in [1.165, 1.54) is 7.11 Å². The highest BCUT2D eigenvalue weighted by Gasteiger charge is 2.12. The predicted octanol–water partition coefficient (Wildman–Crippen LogP) is 2.47. The Bertz CT molecular complexity index is 595. The van der Waals surface area contributed by atoms with Crippen molar-refractivity contribution in [3.8, 4) is 0 Å². The van der Waals surface area contributed by atoms with Crippen molar-refractivity contribution in [1.82, 2.24) is 9.55 Å². The largest absolute Gasteiger partial charge is 0.465 e. The van der Waals surface area contributed by atoms with Crippen LogP contribution in [0.25, 0.3) is 0 Å². The number of nitrogens with one attached hydrogen (secondary N) is 1. The minimum Gasteiger partial charge on any atom is -0.465 e. The van der Waals surface area contributed by atoms with Gasteiger partial charge in [-0.15, -0.1) is 0 Å². The van der Waals surface area contributed by atoms with Crippen molar-refractivity contribution in [1.29, 1.82) is 0 Å².